The Morgan fingerprint density at radius 3 is 1.78 bits per heavy atom. The normalized spacial score (nSPS) is 10.2. The van der Waals surface area contributed by atoms with Crippen molar-refractivity contribution in [3.63, 3.8) is 0 Å². The number of methoxy groups -OCH3 is 3. The zero-order valence-electron chi connectivity index (χ0n) is 14.8. The summed E-state index contributed by atoms with van der Waals surface area (Å²) in [6, 6.07) is 4.63. The maximum atomic E-state index is 12.3. The lowest BCUT2D eigenvalue weighted by molar-refractivity contribution is 0.0474. The number of hydrogen-bond acceptors (Lipinski definition) is 9. The summed E-state index contributed by atoms with van der Waals surface area (Å²) in [5.74, 6) is -2.84. The Morgan fingerprint density at radius 1 is 0.815 bits per heavy atom. The molecule has 0 aromatic heterocycles. The number of carbonyl (C=O) groups is 2. The van der Waals surface area contributed by atoms with Gasteiger partial charge in [-0.1, -0.05) is 0 Å². The molecule has 144 valence electrons. The number of Topliss-reactive ketones (excluding diaryl/α,β-unsaturated/α-hetero) is 1. The molecule has 0 saturated heterocycles. The smallest absolute Gasteiger partial charge is 0.338 e. The monoisotopic (exact) mass is 378 g/mol. The minimum atomic E-state index is -0.971. The number of hydrogen-bond donors (Lipinski definition) is 3. The minimum Gasteiger partial charge on any atom is -0.504 e. The summed E-state index contributed by atoms with van der Waals surface area (Å²) >= 11 is 0. The Morgan fingerprint density at radius 2 is 1.33 bits per heavy atom. The fraction of sp³-hybridized carbons (Fsp3) is 0.222. The van der Waals surface area contributed by atoms with Crippen LogP contribution in [0.1, 0.15) is 20.7 Å². The van der Waals surface area contributed by atoms with Crippen LogP contribution in [0.3, 0.4) is 0 Å². The number of benzene rings is 2. The first-order valence-electron chi connectivity index (χ1n) is 7.57. The van der Waals surface area contributed by atoms with Gasteiger partial charge in [-0.15, -0.1) is 0 Å². The number of phenolic OH excluding ortho intramolecular Hbond substituents is 3. The van der Waals surface area contributed by atoms with E-state index in [4.69, 9.17) is 18.9 Å². The summed E-state index contributed by atoms with van der Waals surface area (Å²) in [6.45, 7) is -0.611. The molecule has 0 radical (unpaired) electrons. The van der Waals surface area contributed by atoms with E-state index in [2.05, 4.69) is 0 Å². The Balaban J connectivity index is 2.17. The van der Waals surface area contributed by atoms with Crippen LogP contribution in [-0.4, -0.2) is 55.0 Å². The van der Waals surface area contributed by atoms with Gasteiger partial charge < -0.3 is 34.3 Å². The summed E-state index contributed by atoms with van der Waals surface area (Å²) in [4.78, 5) is 24.3. The van der Waals surface area contributed by atoms with Crippen molar-refractivity contribution in [2.24, 2.45) is 0 Å². The van der Waals surface area contributed by atoms with E-state index in [0.29, 0.717) is 5.75 Å². The first kappa shape index (κ1) is 19.7. The van der Waals surface area contributed by atoms with Crippen LogP contribution < -0.4 is 14.2 Å². The van der Waals surface area contributed by atoms with Crippen molar-refractivity contribution in [1.29, 1.82) is 0 Å². The van der Waals surface area contributed by atoms with Crippen molar-refractivity contribution in [3.05, 3.63) is 35.4 Å². The fourth-order valence-corrected chi connectivity index (χ4v) is 2.26. The summed E-state index contributed by atoms with van der Waals surface area (Å²) < 4.78 is 20.4. The van der Waals surface area contributed by atoms with Crippen LogP contribution in [0.15, 0.2) is 24.3 Å². The van der Waals surface area contributed by atoms with E-state index in [1.807, 2.05) is 0 Å². The second-order valence-electron chi connectivity index (χ2n) is 5.28. The van der Waals surface area contributed by atoms with Gasteiger partial charge in [-0.3, -0.25) is 4.79 Å². The molecule has 0 amide bonds. The molecule has 0 aliphatic heterocycles. The topological polar surface area (TPSA) is 132 Å². The first-order chi connectivity index (χ1) is 12.8. The SMILES string of the molecule is COc1cc(C(=O)COC(=O)c2cc(O)c(O)c(O)c2)cc(OC)c1OC. The predicted octanol–water partition coefficient (Wildman–Crippen LogP) is 1.87. The lowest BCUT2D eigenvalue weighted by atomic mass is 10.1. The fourth-order valence-electron chi connectivity index (χ4n) is 2.26. The summed E-state index contributed by atoms with van der Waals surface area (Å²) in [5.41, 5.74) is -0.0748. The Labute approximate surface area is 154 Å². The van der Waals surface area contributed by atoms with E-state index >= 15 is 0 Å². The molecule has 27 heavy (non-hydrogen) atoms. The molecular weight excluding hydrogens is 360 g/mol. The van der Waals surface area contributed by atoms with Gasteiger partial charge in [0.25, 0.3) is 0 Å². The summed E-state index contributed by atoms with van der Waals surface area (Å²) in [6.07, 6.45) is 0. The number of ketones is 1. The predicted molar refractivity (Wildman–Crippen MR) is 92.1 cm³/mol. The molecule has 0 atom stereocenters. The van der Waals surface area contributed by atoms with Crippen LogP contribution in [0.25, 0.3) is 0 Å². The molecule has 0 saturated carbocycles. The lowest BCUT2D eigenvalue weighted by Crippen LogP contribution is -2.14. The van der Waals surface area contributed by atoms with Gasteiger partial charge in [0.2, 0.25) is 11.5 Å². The quantitative estimate of drug-likeness (QED) is 0.375. The molecule has 0 heterocycles. The van der Waals surface area contributed by atoms with Crippen LogP contribution in [0.5, 0.6) is 34.5 Å². The molecule has 0 spiro atoms. The lowest BCUT2D eigenvalue weighted by Gasteiger charge is -2.13. The van der Waals surface area contributed by atoms with E-state index in [-0.39, 0.29) is 22.6 Å². The number of phenols is 3. The minimum absolute atomic E-state index is 0.161. The second kappa shape index (κ2) is 8.17. The van der Waals surface area contributed by atoms with Gasteiger partial charge in [-0.05, 0) is 24.3 Å². The highest BCUT2D eigenvalue weighted by molar-refractivity contribution is 6.00. The largest absolute Gasteiger partial charge is 0.504 e. The van der Waals surface area contributed by atoms with E-state index in [9.17, 15) is 24.9 Å². The van der Waals surface area contributed by atoms with Gasteiger partial charge in [0.1, 0.15) is 0 Å². The molecule has 2 aromatic carbocycles. The molecular formula is C18H18O9. The van der Waals surface area contributed by atoms with Crippen LogP contribution >= 0.6 is 0 Å². The molecule has 2 aromatic rings. The van der Waals surface area contributed by atoms with Gasteiger partial charge in [-0.25, -0.2) is 4.79 Å². The third-order valence-corrected chi connectivity index (χ3v) is 3.63. The van der Waals surface area contributed by atoms with Crippen molar-refractivity contribution in [2.45, 2.75) is 0 Å². The van der Waals surface area contributed by atoms with Crippen LogP contribution in [0.4, 0.5) is 0 Å². The summed E-state index contributed by atoms with van der Waals surface area (Å²) in [7, 11) is 4.22. The highest BCUT2D eigenvalue weighted by Crippen LogP contribution is 2.38. The molecule has 9 nitrogen and oxygen atoms in total. The highest BCUT2D eigenvalue weighted by Gasteiger charge is 2.19. The van der Waals surface area contributed by atoms with Gasteiger partial charge >= 0.3 is 5.97 Å². The zero-order chi connectivity index (χ0) is 20.1. The standard InChI is InChI=1S/C18H18O9/c1-24-14-6-9(7-15(25-2)17(14)26-3)13(21)8-27-18(23)10-4-11(19)16(22)12(20)5-10/h4-7,19-20,22H,8H2,1-3H3. The third kappa shape index (κ3) is 4.14. The molecule has 3 N–H and O–H groups in total. The number of esters is 1. The Kier molecular flexibility index (Phi) is 5.96. The van der Waals surface area contributed by atoms with Crippen molar-refractivity contribution < 1.29 is 43.9 Å². The van der Waals surface area contributed by atoms with E-state index in [1.54, 1.807) is 0 Å². The van der Waals surface area contributed by atoms with Crippen LogP contribution in [0, 0.1) is 0 Å². The highest BCUT2D eigenvalue weighted by atomic mass is 16.5. The maximum Gasteiger partial charge on any atom is 0.338 e. The van der Waals surface area contributed by atoms with Crippen molar-refractivity contribution in [2.75, 3.05) is 27.9 Å². The van der Waals surface area contributed by atoms with Gasteiger partial charge in [0, 0.05) is 5.56 Å². The van der Waals surface area contributed by atoms with Crippen LogP contribution in [-0.2, 0) is 4.74 Å². The van der Waals surface area contributed by atoms with Crippen LogP contribution in [0.2, 0.25) is 0 Å². The van der Waals surface area contributed by atoms with Gasteiger partial charge in [-0.2, -0.15) is 0 Å². The first-order valence-corrected chi connectivity index (χ1v) is 7.57. The van der Waals surface area contributed by atoms with Gasteiger partial charge in [0.15, 0.2) is 35.4 Å². The average molecular weight is 378 g/mol. The Bertz CT molecular complexity index is 825. The second-order valence-corrected chi connectivity index (χ2v) is 5.28. The molecule has 2 rings (SSSR count). The zero-order valence-corrected chi connectivity index (χ0v) is 14.8. The number of rotatable bonds is 7. The molecule has 0 aliphatic rings. The number of carbonyl (C=O) groups excluding carboxylic acids is 2. The molecule has 0 aliphatic carbocycles. The summed E-state index contributed by atoms with van der Waals surface area (Å²) in [5, 5.41) is 28.1. The molecule has 0 bridgehead atoms. The maximum absolute atomic E-state index is 12.3. The number of ether oxygens (including phenoxy) is 4. The Hall–Kier alpha value is -3.62. The molecule has 9 heteroatoms. The van der Waals surface area contributed by atoms with Crippen molar-refractivity contribution in [3.8, 4) is 34.5 Å². The van der Waals surface area contributed by atoms with Gasteiger partial charge in [0.05, 0.1) is 26.9 Å². The molecule has 0 fully saturated rings. The van der Waals surface area contributed by atoms with Crippen molar-refractivity contribution in [1.82, 2.24) is 0 Å². The van der Waals surface area contributed by atoms with E-state index < -0.39 is 35.6 Å². The average Bonchev–Trinajstić information content (AvgIpc) is 2.67. The molecule has 0 unspecified atom stereocenters. The van der Waals surface area contributed by atoms with Crippen molar-refractivity contribution >= 4 is 11.8 Å². The van der Waals surface area contributed by atoms with E-state index in [1.165, 1.54) is 33.5 Å². The third-order valence-electron chi connectivity index (χ3n) is 3.63. The number of aromatic hydroxyl groups is 3. The van der Waals surface area contributed by atoms with E-state index in [0.717, 1.165) is 12.1 Å².